The van der Waals surface area contributed by atoms with Crippen molar-refractivity contribution in [2.45, 2.75) is 45.3 Å². The molecule has 2 aromatic heterocycles. The van der Waals surface area contributed by atoms with E-state index in [-0.39, 0.29) is 11.9 Å². The summed E-state index contributed by atoms with van der Waals surface area (Å²) in [4.78, 5) is 18.7. The molecule has 0 radical (unpaired) electrons. The minimum atomic E-state index is -3.31. The van der Waals surface area contributed by atoms with E-state index < -0.39 is 10.0 Å². The fourth-order valence-corrected chi connectivity index (χ4v) is 5.04. The van der Waals surface area contributed by atoms with Gasteiger partial charge >= 0.3 is 0 Å². The summed E-state index contributed by atoms with van der Waals surface area (Å²) in [5.74, 6) is 1.23. The molecule has 150 valence electrons. The highest BCUT2D eigenvalue weighted by atomic mass is 32.2. The Balaban J connectivity index is 1.56. The summed E-state index contributed by atoms with van der Waals surface area (Å²) in [6.07, 6.45) is 5.48. The molecule has 1 fully saturated rings. The lowest BCUT2D eigenvalue weighted by Gasteiger charge is -2.34. The predicted molar refractivity (Wildman–Crippen MR) is 102 cm³/mol. The van der Waals surface area contributed by atoms with E-state index in [4.69, 9.17) is 0 Å². The van der Waals surface area contributed by atoms with Crippen molar-refractivity contribution in [2.75, 3.05) is 19.3 Å². The third-order valence-electron chi connectivity index (χ3n) is 5.38. The number of carbonyl (C=O) groups is 1. The summed E-state index contributed by atoms with van der Waals surface area (Å²) >= 11 is 0. The third kappa shape index (κ3) is 3.53. The number of amides is 1. The Bertz CT molecular complexity index is 985. The van der Waals surface area contributed by atoms with Crippen LogP contribution in [0.2, 0.25) is 0 Å². The van der Waals surface area contributed by atoms with Gasteiger partial charge in [-0.1, -0.05) is 12.5 Å². The minimum absolute atomic E-state index is 0.133. The van der Waals surface area contributed by atoms with Crippen molar-refractivity contribution in [3.8, 4) is 0 Å². The molecule has 1 atom stereocenters. The lowest BCUT2D eigenvalue weighted by molar-refractivity contribution is 0.0698. The maximum atomic E-state index is 12.7. The van der Waals surface area contributed by atoms with Crippen molar-refractivity contribution in [3.63, 3.8) is 0 Å². The average Bonchev–Trinajstić information content (AvgIpc) is 3.10. The van der Waals surface area contributed by atoms with Gasteiger partial charge in [0.1, 0.15) is 5.69 Å². The normalized spacial score (nSPS) is 20.8. The first kappa shape index (κ1) is 19.0. The average molecular weight is 404 g/mol. The molecular formula is C18H24N6O3S. The number of fused-ring (bicyclic) bond motifs is 1. The first-order valence-corrected chi connectivity index (χ1v) is 11.3. The van der Waals surface area contributed by atoms with Gasteiger partial charge in [-0.25, -0.2) is 8.42 Å². The van der Waals surface area contributed by atoms with Crippen LogP contribution in [0.3, 0.4) is 0 Å². The van der Waals surface area contributed by atoms with Gasteiger partial charge in [-0.05, 0) is 31.4 Å². The largest absolute Gasteiger partial charge is 0.328 e. The predicted octanol–water partition coefficient (Wildman–Crippen LogP) is 1.12. The SMILES string of the molecule is Cc1ccc(C(=O)N2CCn3c(nnc3C3CCCCN3S(C)(=O)=O)C2)nc1. The standard InChI is InChI=1S/C18H24N6O3S/c1-13-6-7-14(19-11-13)18(25)22-9-10-23-16(12-22)20-21-17(23)15-5-3-4-8-24(15)28(2,26)27/h6-7,11,15H,3-5,8-10,12H2,1-2H3. The van der Waals surface area contributed by atoms with Gasteiger partial charge in [0, 0.05) is 25.8 Å². The molecule has 2 aromatic rings. The molecule has 9 nitrogen and oxygen atoms in total. The van der Waals surface area contributed by atoms with Crippen molar-refractivity contribution >= 4 is 15.9 Å². The van der Waals surface area contributed by atoms with E-state index in [0.717, 1.165) is 24.8 Å². The molecule has 1 saturated heterocycles. The fourth-order valence-electron chi connectivity index (χ4n) is 3.92. The molecule has 2 aliphatic heterocycles. The second-order valence-electron chi connectivity index (χ2n) is 7.46. The van der Waals surface area contributed by atoms with Gasteiger partial charge in [-0.3, -0.25) is 9.78 Å². The maximum Gasteiger partial charge on any atom is 0.272 e. The lowest BCUT2D eigenvalue weighted by Crippen LogP contribution is -2.42. The second-order valence-corrected chi connectivity index (χ2v) is 9.39. The van der Waals surface area contributed by atoms with Crippen LogP contribution in [0.1, 0.15) is 53.0 Å². The van der Waals surface area contributed by atoms with E-state index in [9.17, 15) is 13.2 Å². The van der Waals surface area contributed by atoms with E-state index in [1.54, 1.807) is 17.2 Å². The molecular weight excluding hydrogens is 380 g/mol. The highest BCUT2D eigenvalue weighted by molar-refractivity contribution is 7.88. The molecule has 1 unspecified atom stereocenters. The van der Waals surface area contributed by atoms with Crippen molar-refractivity contribution in [2.24, 2.45) is 0 Å². The number of piperidine rings is 1. The molecule has 4 rings (SSSR count). The quantitative estimate of drug-likeness (QED) is 0.760. The fraction of sp³-hybridized carbons (Fsp3) is 0.556. The van der Waals surface area contributed by atoms with Crippen LogP contribution in [-0.2, 0) is 23.1 Å². The number of carbonyl (C=O) groups excluding carboxylic acids is 1. The van der Waals surface area contributed by atoms with Crippen LogP contribution in [0.25, 0.3) is 0 Å². The van der Waals surface area contributed by atoms with E-state index in [0.29, 0.717) is 43.5 Å². The summed E-state index contributed by atoms with van der Waals surface area (Å²) in [6, 6.07) is 3.31. The van der Waals surface area contributed by atoms with Gasteiger partial charge in [0.05, 0.1) is 18.8 Å². The first-order chi connectivity index (χ1) is 13.3. The van der Waals surface area contributed by atoms with E-state index >= 15 is 0 Å². The summed E-state index contributed by atoms with van der Waals surface area (Å²) in [6.45, 7) is 3.83. The van der Waals surface area contributed by atoms with Crippen LogP contribution in [0.5, 0.6) is 0 Å². The molecule has 10 heteroatoms. The summed E-state index contributed by atoms with van der Waals surface area (Å²) in [7, 11) is -3.31. The van der Waals surface area contributed by atoms with Crippen molar-refractivity contribution in [3.05, 3.63) is 41.2 Å². The van der Waals surface area contributed by atoms with E-state index in [1.165, 1.54) is 10.6 Å². The van der Waals surface area contributed by atoms with E-state index in [2.05, 4.69) is 15.2 Å². The highest BCUT2D eigenvalue weighted by Gasteiger charge is 2.36. The molecule has 0 saturated carbocycles. The molecule has 1 amide bonds. The number of hydrogen-bond donors (Lipinski definition) is 0. The van der Waals surface area contributed by atoms with Gasteiger partial charge in [0.25, 0.3) is 5.91 Å². The molecule has 0 N–H and O–H groups in total. The molecule has 0 bridgehead atoms. The van der Waals surface area contributed by atoms with Crippen LogP contribution in [0.4, 0.5) is 0 Å². The number of aryl methyl sites for hydroxylation is 1. The topological polar surface area (TPSA) is 101 Å². The zero-order valence-corrected chi connectivity index (χ0v) is 16.9. The molecule has 0 spiro atoms. The third-order valence-corrected chi connectivity index (χ3v) is 6.67. The zero-order valence-electron chi connectivity index (χ0n) is 16.1. The van der Waals surface area contributed by atoms with Crippen molar-refractivity contribution in [1.82, 2.24) is 29.0 Å². The first-order valence-electron chi connectivity index (χ1n) is 9.45. The molecule has 4 heterocycles. The Labute approximate surface area is 164 Å². The Morgan fingerprint density at radius 3 is 2.68 bits per heavy atom. The van der Waals surface area contributed by atoms with Gasteiger partial charge in [0.2, 0.25) is 10.0 Å². The highest BCUT2D eigenvalue weighted by Crippen LogP contribution is 2.33. The lowest BCUT2D eigenvalue weighted by atomic mass is 10.0. The van der Waals surface area contributed by atoms with Crippen molar-refractivity contribution < 1.29 is 13.2 Å². The number of aromatic nitrogens is 4. The number of sulfonamides is 1. The number of rotatable bonds is 3. The molecule has 2 aliphatic rings. The Hall–Kier alpha value is -2.33. The van der Waals surface area contributed by atoms with Gasteiger partial charge in [0.15, 0.2) is 11.6 Å². The van der Waals surface area contributed by atoms with Crippen LogP contribution >= 0.6 is 0 Å². The maximum absolute atomic E-state index is 12.7. The monoisotopic (exact) mass is 404 g/mol. The van der Waals surface area contributed by atoms with Crippen LogP contribution in [0.15, 0.2) is 18.3 Å². The smallest absolute Gasteiger partial charge is 0.272 e. The van der Waals surface area contributed by atoms with Gasteiger partial charge in [-0.2, -0.15) is 4.31 Å². The second kappa shape index (κ2) is 7.25. The minimum Gasteiger partial charge on any atom is -0.328 e. The summed E-state index contributed by atoms with van der Waals surface area (Å²) in [5.41, 5.74) is 1.41. The van der Waals surface area contributed by atoms with Crippen LogP contribution < -0.4 is 0 Å². The summed E-state index contributed by atoms with van der Waals surface area (Å²) < 4.78 is 27.9. The summed E-state index contributed by atoms with van der Waals surface area (Å²) in [5, 5.41) is 8.58. The van der Waals surface area contributed by atoms with Gasteiger partial charge < -0.3 is 9.47 Å². The number of hydrogen-bond acceptors (Lipinski definition) is 6. The number of nitrogens with zero attached hydrogens (tertiary/aromatic N) is 6. The number of pyridine rings is 1. The molecule has 0 aromatic carbocycles. The van der Waals surface area contributed by atoms with Crippen molar-refractivity contribution in [1.29, 1.82) is 0 Å². The van der Waals surface area contributed by atoms with E-state index in [1.807, 2.05) is 17.6 Å². The molecule has 28 heavy (non-hydrogen) atoms. The van der Waals surface area contributed by atoms with Crippen LogP contribution in [-0.4, -0.2) is 62.6 Å². The Morgan fingerprint density at radius 1 is 1.14 bits per heavy atom. The van der Waals surface area contributed by atoms with Crippen LogP contribution in [0, 0.1) is 6.92 Å². The Morgan fingerprint density at radius 2 is 1.96 bits per heavy atom. The zero-order chi connectivity index (χ0) is 19.9. The van der Waals surface area contributed by atoms with Gasteiger partial charge in [-0.15, -0.1) is 10.2 Å². The molecule has 0 aliphatic carbocycles. The Kier molecular flexibility index (Phi) is 4.92.